The molecule has 0 spiro atoms. The minimum absolute atomic E-state index is 0.0300. The van der Waals surface area contributed by atoms with Crippen molar-refractivity contribution in [3.05, 3.63) is 66.1 Å². The molecule has 0 unspecified atom stereocenters. The Balaban J connectivity index is 1.43. The molecule has 1 aromatic heterocycles. The summed E-state index contributed by atoms with van der Waals surface area (Å²) in [5, 5.41) is 6.02. The van der Waals surface area contributed by atoms with E-state index >= 15 is 0 Å². The minimum Gasteiger partial charge on any atom is -0.465 e. The fourth-order valence-electron chi connectivity index (χ4n) is 3.41. The number of nitrogens with zero attached hydrogens (tertiary/aromatic N) is 4. The summed E-state index contributed by atoms with van der Waals surface area (Å²) in [5.74, 6) is -0.720. The predicted molar refractivity (Wildman–Crippen MR) is 122 cm³/mol. The van der Waals surface area contributed by atoms with Gasteiger partial charge in [0, 0.05) is 43.2 Å². The van der Waals surface area contributed by atoms with Crippen LogP contribution in [0.1, 0.15) is 10.4 Å². The lowest BCUT2D eigenvalue weighted by molar-refractivity contribution is 0.0601. The molecule has 8 nitrogen and oxygen atoms in total. The molecule has 32 heavy (non-hydrogen) atoms. The first kappa shape index (κ1) is 21.5. The number of hydrogen-bond acceptors (Lipinski definition) is 8. The van der Waals surface area contributed by atoms with E-state index in [-0.39, 0.29) is 11.8 Å². The zero-order valence-corrected chi connectivity index (χ0v) is 18.0. The maximum atomic E-state index is 14.2. The fraction of sp³-hybridized carbons (Fsp3) is 0.261. The topological polar surface area (TPSA) is 82.6 Å². The number of hydrogen-bond donors (Lipinski definition) is 2. The number of halogens is 1. The summed E-state index contributed by atoms with van der Waals surface area (Å²) >= 11 is 0. The maximum Gasteiger partial charge on any atom is 0.337 e. The van der Waals surface area contributed by atoms with Gasteiger partial charge >= 0.3 is 5.97 Å². The predicted octanol–water partition coefficient (Wildman–Crippen LogP) is 3.64. The van der Waals surface area contributed by atoms with Gasteiger partial charge in [-0.1, -0.05) is 0 Å². The number of aromatic nitrogens is 2. The van der Waals surface area contributed by atoms with Crippen LogP contribution in [-0.2, 0) is 4.74 Å². The quantitative estimate of drug-likeness (QED) is 0.567. The summed E-state index contributed by atoms with van der Waals surface area (Å²) in [5.41, 5.74) is 2.96. The van der Waals surface area contributed by atoms with Crippen LogP contribution in [0.25, 0.3) is 0 Å². The Morgan fingerprint density at radius 3 is 2.25 bits per heavy atom. The van der Waals surface area contributed by atoms with Gasteiger partial charge in [-0.25, -0.2) is 14.2 Å². The van der Waals surface area contributed by atoms with Gasteiger partial charge in [0.2, 0.25) is 5.95 Å². The lowest BCUT2D eigenvalue weighted by Gasteiger charge is -2.34. The molecule has 0 amide bonds. The molecule has 0 radical (unpaired) electrons. The molecule has 0 bridgehead atoms. The Labute approximate surface area is 186 Å². The number of benzene rings is 2. The van der Waals surface area contributed by atoms with Gasteiger partial charge in [-0.2, -0.15) is 4.98 Å². The molecular formula is C23H25FN6O2. The number of anilines is 5. The Kier molecular flexibility index (Phi) is 6.46. The molecule has 2 N–H and O–H groups in total. The van der Waals surface area contributed by atoms with Gasteiger partial charge in [-0.3, -0.25) is 0 Å². The average molecular weight is 436 g/mol. The third kappa shape index (κ3) is 5.12. The summed E-state index contributed by atoms with van der Waals surface area (Å²) in [6.45, 7) is 4.09. The highest BCUT2D eigenvalue weighted by Gasteiger charge is 2.14. The zero-order chi connectivity index (χ0) is 22.5. The number of ether oxygens (including phenoxy) is 1. The van der Waals surface area contributed by atoms with Crippen LogP contribution in [0.5, 0.6) is 0 Å². The molecule has 2 heterocycles. The molecule has 1 aliphatic rings. The smallest absolute Gasteiger partial charge is 0.337 e. The number of methoxy groups -OCH3 is 1. The fourth-order valence-corrected chi connectivity index (χ4v) is 3.41. The second-order valence-corrected chi connectivity index (χ2v) is 7.55. The molecule has 1 aliphatic heterocycles. The molecule has 4 rings (SSSR count). The van der Waals surface area contributed by atoms with E-state index in [4.69, 9.17) is 0 Å². The average Bonchev–Trinajstić information content (AvgIpc) is 2.82. The standard InChI is InChI=1S/C23H25FN6O2/c1-29-11-13-30(14-12-29)19-9-7-18(8-10-19)27-23-25-15-20(24)21(28-23)26-17-5-3-16(4-6-17)22(31)32-2/h3-10,15H,11-14H2,1-2H3,(H2,25,26,27,28). The van der Waals surface area contributed by atoms with Crippen LogP contribution in [0.4, 0.5) is 33.2 Å². The molecule has 0 aliphatic carbocycles. The van der Waals surface area contributed by atoms with Gasteiger partial charge < -0.3 is 25.2 Å². The molecule has 2 aromatic carbocycles. The number of piperazine rings is 1. The van der Waals surface area contributed by atoms with E-state index in [1.165, 1.54) is 12.8 Å². The molecular weight excluding hydrogens is 411 g/mol. The summed E-state index contributed by atoms with van der Waals surface area (Å²) < 4.78 is 18.9. The van der Waals surface area contributed by atoms with E-state index in [1.54, 1.807) is 24.3 Å². The molecule has 1 fully saturated rings. The van der Waals surface area contributed by atoms with Crippen LogP contribution in [0.2, 0.25) is 0 Å². The van der Waals surface area contributed by atoms with E-state index < -0.39 is 11.8 Å². The van der Waals surface area contributed by atoms with Gasteiger partial charge in [-0.05, 0) is 55.6 Å². The van der Waals surface area contributed by atoms with Crippen molar-refractivity contribution in [3.63, 3.8) is 0 Å². The number of carbonyl (C=O) groups excluding carboxylic acids is 1. The van der Waals surface area contributed by atoms with Crippen LogP contribution in [-0.4, -0.2) is 61.2 Å². The summed E-state index contributed by atoms with van der Waals surface area (Å²) in [4.78, 5) is 24.5. The number of carbonyl (C=O) groups is 1. The van der Waals surface area contributed by atoms with Crippen molar-refractivity contribution in [1.82, 2.24) is 14.9 Å². The highest BCUT2D eigenvalue weighted by atomic mass is 19.1. The van der Waals surface area contributed by atoms with Gasteiger partial charge in [0.05, 0.1) is 18.9 Å². The summed E-state index contributed by atoms with van der Waals surface area (Å²) in [6.07, 6.45) is 1.11. The molecule has 1 saturated heterocycles. The van der Waals surface area contributed by atoms with Crippen LogP contribution >= 0.6 is 0 Å². The van der Waals surface area contributed by atoms with Crippen molar-refractivity contribution in [3.8, 4) is 0 Å². The van der Waals surface area contributed by atoms with Gasteiger partial charge in [-0.15, -0.1) is 0 Å². The second kappa shape index (κ2) is 9.61. The number of esters is 1. The monoisotopic (exact) mass is 436 g/mol. The Bertz CT molecular complexity index is 1070. The van der Waals surface area contributed by atoms with Gasteiger partial charge in [0.15, 0.2) is 11.6 Å². The van der Waals surface area contributed by atoms with Gasteiger partial charge in [0.25, 0.3) is 0 Å². The molecule has 0 atom stereocenters. The Morgan fingerprint density at radius 1 is 0.969 bits per heavy atom. The number of nitrogens with one attached hydrogen (secondary N) is 2. The first-order chi connectivity index (χ1) is 15.5. The Morgan fingerprint density at radius 2 is 1.59 bits per heavy atom. The third-order valence-electron chi connectivity index (χ3n) is 5.30. The number of likely N-dealkylation sites (N-methyl/N-ethyl adjacent to an activating group) is 1. The third-order valence-corrected chi connectivity index (χ3v) is 5.30. The lowest BCUT2D eigenvalue weighted by atomic mass is 10.2. The lowest BCUT2D eigenvalue weighted by Crippen LogP contribution is -2.44. The summed E-state index contributed by atoms with van der Waals surface area (Å²) in [6, 6.07) is 14.5. The maximum absolute atomic E-state index is 14.2. The van der Waals surface area contributed by atoms with E-state index in [0.717, 1.165) is 38.1 Å². The van der Waals surface area contributed by atoms with Crippen molar-refractivity contribution < 1.29 is 13.9 Å². The SMILES string of the molecule is COC(=O)c1ccc(Nc2nc(Nc3ccc(N4CCN(C)CC4)cc3)ncc2F)cc1. The van der Waals surface area contributed by atoms with E-state index in [1.807, 2.05) is 12.1 Å². The molecule has 0 saturated carbocycles. The second-order valence-electron chi connectivity index (χ2n) is 7.55. The first-order valence-electron chi connectivity index (χ1n) is 10.3. The Hall–Kier alpha value is -3.72. The largest absolute Gasteiger partial charge is 0.465 e. The normalized spacial score (nSPS) is 14.2. The van der Waals surface area contributed by atoms with E-state index in [9.17, 15) is 9.18 Å². The van der Waals surface area contributed by atoms with E-state index in [2.05, 4.69) is 54.3 Å². The van der Waals surface area contributed by atoms with Crippen molar-refractivity contribution in [2.45, 2.75) is 0 Å². The minimum atomic E-state index is -0.585. The highest BCUT2D eigenvalue weighted by Crippen LogP contribution is 2.23. The number of rotatable bonds is 6. The molecule has 9 heteroatoms. The van der Waals surface area contributed by atoms with Crippen LogP contribution in [0, 0.1) is 5.82 Å². The van der Waals surface area contributed by atoms with Crippen molar-refractivity contribution in [1.29, 1.82) is 0 Å². The zero-order valence-electron chi connectivity index (χ0n) is 18.0. The molecule has 166 valence electrons. The van der Waals surface area contributed by atoms with Crippen molar-refractivity contribution >= 4 is 34.8 Å². The van der Waals surface area contributed by atoms with Crippen molar-refractivity contribution in [2.75, 3.05) is 55.9 Å². The van der Waals surface area contributed by atoms with Crippen LogP contribution in [0.15, 0.2) is 54.7 Å². The van der Waals surface area contributed by atoms with Crippen LogP contribution in [0.3, 0.4) is 0 Å². The molecule has 3 aromatic rings. The van der Waals surface area contributed by atoms with Crippen molar-refractivity contribution in [2.24, 2.45) is 0 Å². The summed E-state index contributed by atoms with van der Waals surface area (Å²) in [7, 11) is 3.45. The van der Waals surface area contributed by atoms with Gasteiger partial charge in [0.1, 0.15) is 0 Å². The highest BCUT2D eigenvalue weighted by molar-refractivity contribution is 5.89. The first-order valence-corrected chi connectivity index (χ1v) is 10.3. The van der Waals surface area contributed by atoms with Crippen LogP contribution < -0.4 is 15.5 Å². The van der Waals surface area contributed by atoms with E-state index in [0.29, 0.717) is 11.3 Å².